The Balaban J connectivity index is 2.34. The zero-order valence-electron chi connectivity index (χ0n) is 14.5. The molecule has 0 aliphatic carbocycles. The van der Waals surface area contributed by atoms with Crippen LogP contribution in [0.3, 0.4) is 0 Å². The van der Waals surface area contributed by atoms with Gasteiger partial charge in [-0.05, 0) is 70.3 Å². The van der Waals surface area contributed by atoms with Crippen molar-refractivity contribution in [2.75, 3.05) is 13.1 Å². The van der Waals surface area contributed by atoms with E-state index in [1.54, 1.807) is 6.07 Å². The first-order chi connectivity index (χ1) is 10.9. The molecular formula is C19H28FNO2. The summed E-state index contributed by atoms with van der Waals surface area (Å²) >= 11 is 0. The summed E-state index contributed by atoms with van der Waals surface area (Å²) in [5.41, 5.74) is 0.916. The van der Waals surface area contributed by atoms with Crippen molar-refractivity contribution in [3.63, 3.8) is 0 Å². The number of benzene rings is 1. The average Bonchev–Trinajstić information content (AvgIpc) is 2.49. The molecule has 0 bridgehead atoms. The van der Waals surface area contributed by atoms with Gasteiger partial charge in [-0.1, -0.05) is 25.0 Å². The van der Waals surface area contributed by atoms with Crippen molar-refractivity contribution in [1.82, 2.24) is 5.32 Å². The fraction of sp³-hybridized carbons (Fsp3) is 0.632. The van der Waals surface area contributed by atoms with Crippen LogP contribution < -0.4 is 5.32 Å². The van der Waals surface area contributed by atoms with Crippen LogP contribution in [0, 0.1) is 5.82 Å². The molecule has 0 saturated heterocycles. The van der Waals surface area contributed by atoms with E-state index in [-0.39, 0.29) is 17.7 Å². The van der Waals surface area contributed by atoms with Gasteiger partial charge in [-0.25, -0.2) is 4.39 Å². The van der Waals surface area contributed by atoms with E-state index < -0.39 is 5.60 Å². The first-order valence-electron chi connectivity index (χ1n) is 8.59. The molecule has 0 aromatic heterocycles. The molecule has 1 aromatic rings. The van der Waals surface area contributed by atoms with E-state index in [0.29, 0.717) is 18.4 Å². The van der Waals surface area contributed by atoms with Gasteiger partial charge in [-0.15, -0.1) is 0 Å². The molecule has 0 saturated carbocycles. The Hall–Kier alpha value is -1.42. The summed E-state index contributed by atoms with van der Waals surface area (Å²) in [6.07, 6.45) is 4.41. The predicted molar refractivity (Wildman–Crippen MR) is 90.0 cm³/mol. The molecule has 3 nitrogen and oxygen atoms in total. The normalized spacial score (nSPS) is 20.3. The van der Waals surface area contributed by atoms with E-state index in [0.717, 1.165) is 37.9 Å². The number of carbonyl (C=O) groups excluding carboxylic acids is 1. The van der Waals surface area contributed by atoms with Crippen LogP contribution in [0.4, 0.5) is 4.39 Å². The second-order valence-electron chi connectivity index (χ2n) is 7.24. The SMILES string of the molecule is CC(C)(C)OC(=O)[C@H]1CCCCCNCCc2c(F)cccc21. The minimum Gasteiger partial charge on any atom is -0.459 e. The van der Waals surface area contributed by atoms with Crippen LogP contribution in [0.25, 0.3) is 0 Å². The third kappa shape index (κ3) is 5.31. The highest BCUT2D eigenvalue weighted by molar-refractivity contribution is 5.79. The number of carbonyl (C=O) groups is 1. The molecule has 23 heavy (non-hydrogen) atoms. The molecular weight excluding hydrogens is 293 g/mol. The highest BCUT2D eigenvalue weighted by atomic mass is 19.1. The van der Waals surface area contributed by atoms with Crippen molar-refractivity contribution in [2.45, 2.75) is 64.4 Å². The maximum Gasteiger partial charge on any atom is 0.313 e. The molecule has 1 heterocycles. The van der Waals surface area contributed by atoms with Gasteiger partial charge >= 0.3 is 5.97 Å². The van der Waals surface area contributed by atoms with Crippen molar-refractivity contribution in [2.24, 2.45) is 0 Å². The van der Waals surface area contributed by atoms with Crippen LogP contribution in [-0.2, 0) is 16.0 Å². The minimum atomic E-state index is -0.529. The second-order valence-corrected chi connectivity index (χ2v) is 7.24. The number of halogens is 1. The molecule has 4 heteroatoms. The van der Waals surface area contributed by atoms with Crippen molar-refractivity contribution < 1.29 is 13.9 Å². The number of fused-ring (bicyclic) bond motifs is 1. The van der Waals surface area contributed by atoms with Crippen LogP contribution in [0.15, 0.2) is 18.2 Å². The fourth-order valence-corrected chi connectivity index (χ4v) is 3.05. The van der Waals surface area contributed by atoms with Gasteiger partial charge in [0.15, 0.2) is 0 Å². The van der Waals surface area contributed by atoms with E-state index in [2.05, 4.69) is 5.32 Å². The predicted octanol–water partition coefficient (Wildman–Crippen LogP) is 3.96. The minimum absolute atomic E-state index is 0.225. The van der Waals surface area contributed by atoms with E-state index >= 15 is 0 Å². The number of esters is 1. The van der Waals surface area contributed by atoms with Crippen LogP contribution in [0.2, 0.25) is 0 Å². The van der Waals surface area contributed by atoms with Crippen LogP contribution in [0.5, 0.6) is 0 Å². The third-order valence-corrected chi connectivity index (χ3v) is 4.12. The molecule has 1 aromatic carbocycles. The number of hydrogen-bond acceptors (Lipinski definition) is 3. The van der Waals surface area contributed by atoms with E-state index in [9.17, 15) is 9.18 Å². The zero-order valence-corrected chi connectivity index (χ0v) is 14.5. The monoisotopic (exact) mass is 321 g/mol. The summed E-state index contributed by atoms with van der Waals surface area (Å²) < 4.78 is 19.9. The summed E-state index contributed by atoms with van der Waals surface area (Å²) in [5.74, 6) is -0.841. The Labute approximate surface area is 138 Å². The van der Waals surface area contributed by atoms with E-state index in [1.165, 1.54) is 6.07 Å². The average molecular weight is 321 g/mol. The van der Waals surface area contributed by atoms with Crippen molar-refractivity contribution in [3.05, 3.63) is 35.1 Å². The molecule has 0 fully saturated rings. The van der Waals surface area contributed by atoms with Gasteiger partial charge in [0.05, 0.1) is 5.92 Å². The van der Waals surface area contributed by atoms with Gasteiger partial charge in [0, 0.05) is 0 Å². The fourth-order valence-electron chi connectivity index (χ4n) is 3.05. The van der Waals surface area contributed by atoms with Crippen molar-refractivity contribution in [1.29, 1.82) is 0 Å². The molecule has 128 valence electrons. The Kier molecular flexibility index (Phi) is 6.17. The van der Waals surface area contributed by atoms with E-state index in [1.807, 2.05) is 26.8 Å². The summed E-state index contributed by atoms with van der Waals surface area (Å²) in [7, 11) is 0. The van der Waals surface area contributed by atoms with Crippen molar-refractivity contribution in [3.8, 4) is 0 Å². The lowest BCUT2D eigenvalue weighted by molar-refractivity contribution is -0.157. The molecule has 1 aliphatic rings. The van der Waals surface area contributed by atoms with E-state index in [4.69, 9.17) is 4.74 Å². The highest BCUT2D eigenvalue weighted by Crippen LogP contribution is 2.30. The Bertz CT molecular complexity index is 537. The number of nitrogens with one attached hydrogen (secondary N) is 1. The quantitative estimate of drug-likeness (QED) is 0.796. The highest BCUT2D eigenvalue weighted by Gasteiger charge is 2.29. The van der Waals surface area contributed by atoms with Crippen LogP contribution in [0.1, 0.15) is 63.5 Å². The van der Waals surface area contributed by atoms with Gasteiger partial charge in [0.1, 0.15) is 11.4 Å². The molecule has 0 unspecified atom stereocenters. The molecule has 0 amide bonds. The Morgan fingerprint density at radius 2 is 2.00 bits per heavy atom. The number of rotatable bonds is 1. The Morgan fingerprint density at radius 3 is 2.74 bits per heavy atom. The maximum absolute atomic E-state index is 14.3. The van der Waals surface area contributed by atoms with Crippen LogP contribution >= 0.6 is 0 Å². The number of ether oxygens (including phenoxy) is 1. The molecule has 1 atom stereocenters. The molecule has 0 radical (unpaired) electrons. The zero-order chi connectivity index (χ0) is 16.9. The third-order valence-electron chi connectivity index (χ3n) is 4.12. The molecule has 1 aliphatic heterocycles. The lowest BCUT2D eigenvalue weighted by atomic mass is 9.88. The summed E-state index contributed by atoms with van der Waals surface area (Å²) in [6, 6.07) is 5.05. The molecule has 1 N–H and O–H groups in total. The van der Waals surface area contributed by atoms with Crippen molar-refractivity contribution >= 4 is 5.97 Å². The number of hydrogen-bond donors (Lipinski definition) is 1. The second kappa shape index (κ2) is 7.91. The summed E-state index contributed by atoms with van der Waals surface area (Å²) in [6.45, 7) is 7.28. The summed E-state index contributed by atoms with van der Waals surface area (Å²) in [5, 5.41) is 3.35. The standard InChI is InChI=1S/C19H28FNO2/c1-19(2,3)23-18(22)16-8-5-4-6-12-21-13-11-15-14(16)9-7-10-17(15)20/h7,9-10,16,21H,4-6,8,11-13H2,1-3H3/t16-/m0/s1. The first kappa shape index (κ1) is 17.9. The summed E-state index contributed by atoms with van der Waals surface area (Å²) in [4.78, 5) is 12.7. The molecule has 0 spiro atoms. The Morgan fingerprint density at radius 1 is 1.22 bits per heavy atom. The lowest BCUT2D eigenvalue weighted by Crippen LogP contribution is -2.28. The smallest absolute Gasteiger partial charge is 0.313 e. The van der Waals surface area contributed by atoms with Crippen LogP contribution in [-0.4, -0.2) is 24.7 Å². The van der Waals surface area contributed by atoms with Gasteiger partial charge in [-0.2, -0.15) is 0 Å². The molecule has 2 rings (SSSR count). The lowest BCUT2D eigenvalue weighted by Gasteiger charge is -2.25. The maximum atomic E-state index is 14.3. The van der Waals surface area contributed by atoms with Gasteiger partial charge in [0.2, 0.25) is 0 Å². The van der Waals surface area contributed by atoms with Gasteiger partial charge < -0.3 is 10.1 Å². The first-order valence-corrected chi connectivity index (χ1v) is 8.59. The van der Waals surface area contributed by atoms with Gasteiger partial charge in [-0.3, -0.25) is 4.79 Å². The topological polar surface area (TPSA) is 38.3 Å². The largest absolute Gasteiger partial charge is 0.459 e. The van der Waals surface area contributed by atoms with Gasteiger partial charge in [0.25, 0.3) is 0 Å².